The number of carbonyl (C=O) groups is 1. The van der Waals surface area contributed by atoms with E-state index >= 15 is 0 Å². The second-order valence-electron chi connectivity index (χ2n) is 10.5. The predicted octanol–water partition coefficient (Wildman–Crippen LogP) is 7.05. The summed E-state index contributed by atoms with van der Waals surface area (Å²) in [6.07, 6.45) is 10.9. The van der Waals surface area contributed by atoms with Crippen LogP contribution in [0.2, 0.25) is 0 Å². The summed E-state index contributed by atoms with van der Waals surface area (Å²) in [6, 6.07) is 22.7. The van der Waals surface area contributed by atoms with Crippen molar-refractivity contribution in [2.75, 3.05) is 5.32 Å². The molecule has 0 unspecified atom stereocenters. The number of carbonyl (C=O) groups excluding carboxylic acids is 1. The maximum atomic E-state index is 11.6. The Bertz CT molecular complexity index is 1660. The van der Waals surface area contributed by atoms with Gasteiger partial charge < -0.3 is 5.32 Å². The Morgan fingerprint density at radius 2 is 1.46 bits per heavy atom. The molecule has 0 spiro atoms. The molecule has 1 aliphatic carbocycles. The van der Waals surface area contributed by atoms with Crippen molar-refractivity contribution in [3.8, 4) is 22.5 Å². The summed E-state index contributed by atoms with van der Waals surface area (Å²) in [6.45, 7) is 0. The average Bonchev–Trinajstić information content (AvgIpc) is 3.37. The number of para-hydroxylation sites is 2. The van der Waals surface area contributed by atoms with Crippen molar-refractivity contribution < 1.29 is 4.79 Å². The van der Waals surface area contributed by atoms with Crippen LogP contribution in [0.4, 0.5) is 16.2 Å². The third-order valence-electron chi connectivity index (χ3n) is 7.96. The zero-order valence-corrected chi connectivity index (χ0v) is 21.4. The zero-order chi connectivity index (χ0) is 26.2. The second kappa shape index (κ2) is 9.91. The Kier molecular flexibility index (Phi) is 5.96. The number of rotatable bonds is 5. The second-order valence-corrected chi connectivity index (χ2v) is 10.5. The van der Waals surface area contributed by atoms with Crippen LogP contribution in [-0.4, -0.2) is 26.0 Å². The number of aromatic nitrogens is 4. The van der Waals surface area contributed by atoms with Gasteiger partial charge in [0.05, 0.1) is 28.1 Å². The smallest absolute Gasteiger partial charge is 0.304 e. The van der Waals surface area contributed by atoms with Crippen LogP contribution in [0.5, 0.6) is 0 Å². The maximum absolute atomic E-state index is 11.6. The van der Waals surface area contributed by atoms with Gasteiger partial charge in [-0.3, -0.25) is 0 Å². The van der Waals surface area contributed by atoms with Crippen molar-refractivity contribution in [2.45, 2.75) is 38.0 Å². The summed E-state index contributed by atoms with van der Waals surface area (Å²) in [7, 11) is 0. The Labute approximate surface area is 226 Å². The summed E-state index contributed by atoms with van der Waals surface area (Å²) < 4.78 is 0. The first-order chi connectivity index (χ1) is 19.2. The quantitative estimate of drug-likeness (QED) is 0.273. The Hall–Kier alpha value is -4.65. The van der Waals surface area contributed by atoms with Gasteiger partial charge in [-0.05, 0) is 79.3 Å². The minimum atomic E-state index is -0.269. The van der Waals surface area contributed by atoms with Gasteiger partial charge in [0, 0.05) is 23.5 Å². The molecule has 1 N–H and O–H groups in total. The molecule has 5 aromatic rings. The van der Waals surface area contributed by atoms with E-state index in [1.807, 2.05) is 30.3 Å². The summed E-state index contributed by atoms with van der Waals surface area (Å²) in [5.74, 6) is 1.21. The fourth-order valence-electron chi connectivity index (χ4n) is 5.91. The van der Waals surface area contributed by atoms with Crippen LogP contribution in [-0.2, 0) is 6.42 Å². The van der Waals surface area contributed by atoms with E-state index in [0.29, 0.717) is 11.8 Å². The number of hydrogen-bond acceptors (Lipinski definition) is 5. The van der Waals surface area contributed by atoms with Crippen molar-refractivity contribution in [3.63, 3.8) is 0 Å². The first-order valence-electron chi connectivity index (χ1n) is 13.5. The summed E-state index contributed by atoms with van der Waals surface area (Å²) in [4.78, 5) is 29.9. The normalized spacial score (nSPS) is 18.4. The molecule has 1 fully saturated rings. The Morgan fingerprint density at radius 1 is 0.769 bits per heavy atom. The van der Waals surface area contributed by atoms with Gasteiger partial charge >= 0.3 is 6.03 Å². The van der Waals surface area contributed by atoms with Gasteiger partial charge in [0.25, 0.3) is 0 Å². The lowest BCUT2D eigenvalue weighted by molar-refractivity contribution is 0.256. The van der Waals surface area contributed by atoms with Crippen LogP contribution < -0.4 is 10.6 Å². The zero-order valence-electron chi connectivity index (χ0n) is 21.4. The molecule has 0 bridgehead atoms. The van der Waals surface area contributed by atoms with Crippen LogP contribution in [0.15, 0.2) is 85.5 Å². The van der Waals surface area contributed by atoms with E-state index in [1.54, 1.807) is 12.4 Å². The lowest BCUT2D eigenvalue weighted by Gasteiger charge is -2.29. The highest BCUT2D eigenvalue weighted by Gasteiger charge is 2.25. The van der Waals surface area contributed by atoms with E-state index < -0.39 is 0 Å². The first-order valence-corrected chi connectivity index (χ1v) is 13.5. The minimum absolute atomic E-state index is 0.269. The molecule has 2 aromatic heterocycles. The minimum Gasteiger partial charge on any atom is -0.304 e. The third-order valence-corrected chi connectivity index (χ3v) is 7.96. The number of fused-ring (bicyclic) bond motifs is 2. The topological polar surface area (TPSA) is 94.8 Å². The maximum Gasteiger partial charge on any atom is 0.346 e. The third kappa shape index (κ3) is 4.72. The number of urea groups is 1. The van der Waals surface area contributed by atoms with E-state index in [1.165, 1.54) is 30.3 Å². The highest BCUT2D eigenvalue weighted by molar-refractivity contribution is 6.02. The van der Waals surface area contributed by atoms with Gasteiger partial charge in [0.15, 0.2) is 0 Å². The van der Waals surface area contributed by atoms with Crippen molar-refractivity contribution in [1.82, 2.24) is 25.3 Å². The van der Waals surface area contributed by atoms with Gasteiger partial charge in [0.1, 0.15) is 12.0 Å². The molecule has 3 aromatic carbocycles. The monoisotopic (exact) mass is 511 g/mol. The molecule has 0 atom stereocenters. The van der Waals surface area contributed by atoms with Crippen LogP contribution >= 0.6 is 0 Å². The number of nitrogens with one attached hydrogen (secondary N) is 1. The van der Waals surface area contributed by atoms with Crippen LogP contribution in [0.1, 0.15) is 42.7 Å². The van der Waals surface area contributed by atoms with Crippen molar-refractivity contribution >= 4 is 28.4 Å². The van der Waals surface area contributed by atoms with E-state index in [0.717, 1.165) is 64.2 Å². The summed E-state index contributed by atoms with van der Waals surface area (Å²) >= 11 is 0. The summed E-state index contributed by atoms with van der Waals surface area (Å²) in [5, 5.41) is 6.86. The molecule has 1 saturated carbocycles. The van der Waals surface area contributed by atoms with E-state index in [-0.39, 0.29) is 6.03 Å². The number of benzene rings is 3. The SMILES string of the molecule is O=C1[N]c2cc(C3CCC(Cc4ccc(-c5nc6ccccc6nc5-c5cncnc5)cc4)CC3)ccc2N1. The molecule has 1 radical (unpaired) electrons. The van der Waals surface area contributed by atoms with Gasteiger partial charge in [-0.15, -0.1) is 0 Å². The van der Waals surface area contributed by atoms with Crippen molar-refractivity contribution in [3.05, 3.63) is 96.6 Å². The molecule has 2 amide bonds. The van der Waals surface area contributed by atoms with Gasteiger partial charge in [0.2, 0.25) is 0 Å². The van der Waals surface area contributed by atoms with Crippen molar-refractivity contribution in [2.24, 2.45) is 5.92 Å². The molecule has 39 heavy (non-hydrogen) atoms. The number of amides is 2. The Balaban J connectivity index is 1.06. The van der Waals surface area contributed by atoms with Crippen LogP contribution in [0, 0.1) is 5.92 Å². The molecule has 0 saturated heterocycles. The lowest BCUT2D eigenvalue weighted by Crippen LogP contribution is -2.15. The molecule has 7 nitrogen and oxygen atoms in total. The molecule has 7 rings (SSSR count). The highest BCUT2D eigenvalue weighted by atomic mass is 16.2. The van der Waals surface area contributed by atoms with Crippen LogP contribution in [0.3, 0.4) is 0 Å². The number of anilines is 1. The highest BCUT2D eigenvalue weighted by Crippen LogP contribution is 2.40. The molecular weight excluding hydrogens is 484 g/mol. The lowest BCUT2D eigenvalue weighted by atomic mass is 9.76. The molecule has 191 valence electrons. The largest absolute Gasteiger partial charge is 0.346 e. The molecule has 7 heteroatoms. The Morgan fingerprint density at radius 3 is 2.18 bits per heavy atom. The fourth-order valence-corrected chi connectivity index (χ4v) is 5.91. The van der Waals surface area contributed by atoms with E-state index in [4.69, 9.17) is 9.97 Å². The van der Waals surface area contributed by atoms with Gasteiger partial charge in [-0.25, -0.2) is 24.7 Å². The number of nitrogens with zero attached hydrogens (tertiary/aromatic N) is 5. The van der Waals surface area contributed by atoms with Crippen LogP contribution in [0.25, 0.3) is 33.5 Å². The standard InChI is InChI=1S/C32H27N6O/c39-32-37-28-14-13-24(16-29(28)38-32)22-9-5-20(6-10-22)15-21-7-11-23(12-8-21)30-31(25-17-33-19-34-18-25)36-27-4-2-1-3-26(27)35-30/h1-4,7-8,11-14,16-20,22H,5-6,9-10,15H2,(H,37,39). The molecule has 3 heterocycles. The van der Waals surface area contributed by atoms with E-state index in [9.17, 15) is 4.79 Å². The van der Waals surface area contributed by atoms with E-state index in [2.05, 4.69) is 57.0 Å². The molecule has 2 aliphatic rings. The van der Waals surface area contributed by atoms with Crippen molar-refractivity contribution in [1.29, 1.82) is 0 Å². The predicted molar refractivity (Wildman–Crippen MR) is 152 cm³/mol. The van der Waals surface area contributed by atoms with Gasteiger partial charge in [-0.1, -0.05) is 42.5 Å². The summed E-state index contributed by atoms with van der Waals surface area (Å²) in [5.41, 5.74) is 9.49. The fraction of sp³-hybridized carbons (Fsp3) is 0.219. The molecular formula is C32H27N6O. The van der Waals surface area contributed by atoms with Gasteiger partial charge in [-0.2, -0.15) is 5.32 Å². The average molecular weight is 512 g/mol. The number of hydrogen-bond donors (Lipinski definition) is 1. The molecule has 1 aliphatic heterocycles. The first kappa shape index (κ1) is 23.5.